The maximum absolute atomic E-state index is 11.9. The zero-order valence-electron chi connectivity index (χ0n) is 15.1. The predicted octanol–water partition coefficient (Wildman–Crippen LogP) is 2.58. The second-order valence-corrected chi connectivity index (χ2v) is 6.68. The van der Waals surface area contributed by atoms with Crippen molar-refractivity contribution in [2.45, 2.75) is 44.9 Å². The van der Waals surface area contributed by atoms with Crippen LogP contribution in [0.25, 0.3) is 0 Å². The van der Waals surface area contributed by atoms with Gasteiger partial charge in [0, 0.05) is 25.1 Å². The van der Waals surface area contributed by atoms with Gasteiger partial charge >= 0.3 is 0 Å². The number of hydrogen-bond donors (Lipinski definition) is 2. The number of rotatable bonds is 9. The topological polar surface area (TPSA) is 61.4 Å². The minimum Gasteiger partial charge on any atom is -0.356 e. The van der Waals surface area contributed by atoms with Gasteiger partial charge in [0.05, 0.1) is 0 Å². The van der Waals surface area contributed by atoms with E-state index in [0.717, 1.165) is 19.5 Å². The van der Waals surface area contributed by atoms with Gasteiger partial charge in [-0.1, -0.05) is 31.0 Å². The van der Waals surface area contributed by atoms with Crippen molar-refractivity contribution in [2.24, 2.45) is 0 Å². The summed E-state index contributed by atoms with van der Waals surface area (Å²) in [7, 11) is 0. The molecule has 25 heavy (non-hydrogen) atoms. The van der Waals surface area contributed by atoms with Crippen molar-refractivity contribution in [3.8, 4) is 0 Å². The fourth-order valence-corrected chi connectivity index (χ4v) is 3.12. The molecule has 2 rings (SSSR count). The van der Waals surface area contributed by atoms with Crippen LogP contribution in [0.3, 0.4) is 0 Å². The Labute approximate surface area is 151 Å². The summed E-state index contributed by atoms with van der Waals surface area (Å²) in [6.07, 6.45) is 7.45. The van der Waals surface area contributed by atoms with Crippen molar-refractivity contribution in [1.82, 2.24) is 15.5 Å². The Balaban J connectivity index is 1.47. The summed E-state index contributed by atoms with van der Waals surface area (Å²) in [5.41, 5.74) is 0.653. The first-order chi connectivity index (χ1) is 12.3. The molecule has 1 heterocycles. The summed E-state index contributed by atoms with van der Waals surface area (Å²) < 4.78 is 0. The van der Waals surface area contributed by atoms with Crippen molar-refractivity contribution in [3.63, 3.8) is 0 Å². The number of nitrogens with one attached hydrogen (secondary N) is 2. The van der Waals surface area contributed by atoms with Crippen molar-refractivity contribution in [3.05, 3.63) is 35.9 Å². The van der Waals surface area contributed by atoms with E-state index in [4.69, 9.17) is 0 Å². The summed E-state index contributed by atoms with van der Waals surface area (Å²) in [6, 6.07) is 9.13. The van der Waals surface area contributed by atoms with E-state index in [1.165, 1.54) is 38.8 Å². The standard InChI is InChI=1S/C20H31N3O2/c24-19(21-14-9-17-23-15-6-1-2-7-16-23)12-8-13-22-20(25)18-10-4-3-5-11-18/h3-5,10-11H,1-2,6-9,12-17H2,(H,21,24)(H,22,25). The number of amides is 2. The first kappa shape index (κ1) is 19.4. The third kappa shape index (κ3) is 8.16. The first-order valence-electron chi connectivity index (χ1n) is 9.58. The van der Waals surface area contributed by atoms with E-state index in [-0.39, 0.29) is 11.8 Å². The Kier molecular flexibility index (Phi) is 9.05. The van der Waals surface area contributed by atoms with Gasteiger partial charge in [0.2, 0.25) is 5.91 Å². The normalized spacial score (nSPS) is 15.4. The minimum absolute atomic E-state index is 0.0739. The van der Waals surface area contributed by atoms with Crippen LogP contribution in [-0.2, 0) is 4.79 Å². The van der Waals surface area contributed by atoms with Crippen molar-refractivity contribution in [2.75, 3.05) is 32.7 Å². The lowest BCUT2D eigenvalue weighted by atomic mass is 10.2. The third-order valence-electron chi connectivity index (χ3n) is 4.57. The highest BCUT2D eigenvalue weighted by Crippen LogP contribution is 2.09. The lowest BCUT2D eigenvalue weighted by Crippen LogP contribution is -2.31. The summed E-state index contributed by atoms with van der Waals surface area (Å²) in [5.74, 6) is -0.0108. The molecule has 5 heteroatoms. The van der Waals surface area contributed by atoms with E-state index in [0.29, 0.717) is 24.9 Å². The minimum atomic E-state index is -0.0848. The quantitative estimate of drug-likeness (QED) is 0.676. The van der Waals surface area contributed by atoms with Crippen LogP contribution in [0.2, 0.25) is 0 Å². The monoisotopic (exact) mass is 345 g/mol. The number of carbonyl (C=O) groups excluding carboxylic acids is 2. The average molecular weight is 345 g/mol. The Morgan fingerprint density at radius 3 is 2.28 bits per heavy atom. The molecule has 0 saturated carbocycles. The average Bonchev–Trinajstić information content (AvgIpc) is 2.92. The molecule has 0 unspecified atom stereocenters. The van der Waals surface area contributed by atoms with Gasteiger partial charge in [-0.15, -0.1) is 0 Å². The molecule has 1 aliphatic heterocycles. The highest BCUT2D eigenvalue weighted by Gasteiger charge is 2.09. The third-order valence-corrected chi connectivity index (χ3v) is 4.57. The molecule has 1 aromatic carbocycles. The van der Waals surface area contributed by atoms with Crippen molar-refractivity contribution < 1.29 is 9.59 Å². The summed E-state index contributed by atoms with van der Waals surface area (Å²) in [5, 5.41) is 5.82. The molecule has 0 aromatic heterocycles. The molecule has 0 atom stereocenters. The lowest BCUT2D eigenvalue weighted by Gasteiger charge is -2.19. The molecule has 1 aliphatic rings. The largest absolute Gasteiger partial charge is 0.356 e. The molecule has 138 valence electrons. The van der Waals surface area contributed by atoms with Gasteiger partial charge in [-0.25, -0.2) is 0 Å². The fraction of sp³-hybridized carbons (Fsp3) is 0.600. The maximum Gasteiger partial charge on any atom is 0.251 e. The Morgan fingerprint density at radius 2 is 1.56 bits per heavy atom. The van der Waals surface area contributed by atoms with Gasteiger partial charge in [0.15, 0.2) is 0 Å². The van der Waals surface area contributed by atoms with Gasteiger partial charge in [-0.3, -0.25) is 9.59 Å². The van der Waals surface area contributed by atoms with Crippen LogP contribution in [0.4, 0.5) is 0 Å². The molecular weight excluding hydrogens is 314 g/mol. The lowest BCUT2D eigenvalue weighted by molar-refractivity contribution is -0.121. The Hall–Kier alpha value is -1.88. The second-order valence-electron chi connectivity index (χ2n) is 6.68. The zero-order valence-corrected chi connectivity index (χ0v) is 15.1. The van der Waals surface area contributed by atoms with Crippen molar-refractivity contribution >= 4 is 11.8 Å². The number of nitrogens with zero attached hydrogens (tertiary/aromatic N) is 1. The summed E-state index contributed by atoms with van der Waals surface area (Å²) in [6.45, 7) is 4.75. The van der Waals surface area contributed by atoms with Gasteiger partial charge < -0.3 is 15.5 Å². The van der Waals surface area contributed by atoms with E-state index in [1.807, 2.05) is 18.2 Å². The number of benzene rings is 1. The summed E-state index contributed by atoms with van der Waals surface area (Å²) in [4.78, 5) is 26.2. The Morgan fingerprint density at radius 1 is 0.880 bits per heavy atom. The molecule has 0 spiro atoms. The molecule has 5 nitrogen and oxygen atoms in total. The number of hydrogen-bond acceptors (Lipinski definition) is 3. The van der Waals surface area contributed by atoms with E-state index >= 15 is 0 Å². The van der Waals surface area contributed by atoms with E-state index in [1.54, 1.807) is 12.1 Å². The van der Waals surface area contributed by atoms with Crippen LogP contribution in [0.5, 0.6) is 0 Å². The molecule has 0 radical (unpaired) electrons. The number of carbonyl (C=O) groups is 2. The smallest absolute Gasteiger partial charge is 0.251 e. The summed E-state index contributed by atoms with van der Waals surface area (Å²) >= 11 is 0. The predicted molar refractivity (Wildman–Crippen MR) is 101 cm³/mol. The van der Waals surface area contributed by atoms with E-state index in [9.17, 15) is 9.59 Å². The highest BCUT2D eigenvalue weighted by atomic mass is 16.2. The van der Waals surface area contributed by atoms with Crippen LogP contribution >= 0.6 is 0 Å². The number of likely N-dealkylation sites (tertiary alicyclic amines) is 1. The van der Waals surface area contributed by atoms with Crippen molar-refractivity contribution in [1.29, 1.82) is 0 Å². The first-order valence-corrected chi connectivity index (χ1v) is 9.58. The molecule has 1 fully saturated rings. The molecular formula is C20H31N3O2. The van der Waals surface area contributed by atoms with Crippen LogP contribution in [-0.4, -0.2) is 49.4 Å². The maximum atomic E-state index is 11.9. The van der Waals surface area contributed by atoms with Gasteiger partial charge in [0.1, 0.15) is 0 Å². The molecule has 0 bridgehead atoms. The van der Waals surface area contributed by atoms with Gasteiger partial charge in [-0.05, 0) is 57.5 Å². The van der Waals surface area contributed by atoms with Crippen LogP contribution in [0.1, 0.15) is 55.3 Å². The molecule has 2 amide bonds. The molecule has 1 saturated heterocycles. The van der Waals surface area contributed by atoms with Crippen LogP contribution in [0.15, 0.2) is 30.3 Å². The highest BCUT2D eigenvalue weighted by molar-refractivity contribution is 5.94. The van der Waals surface area contributed by atoms with Gasteiger partial charge in [-0.2, -0.15) is 0 Å². The van der Waals surface area contributed by atoms with E-state index < -0.39 is 0 Å². The molecule has 0 aliphatic carbocycles. The SMILES string of the molecule is O=C(CCCNC(=O)c1ccccc1)NCCCN1CCCCCC1. The van der Waals surface area contributed by atoms with Gasteiger partial charge in [0.25, 0.3) is 5.91 Å². The fourth-order valence-electron chi connectivity index (χ4n) is 3.12. The zero-order chi connectivity index (χ0) is 17.7. The second kappa shape index (κ2) is 11.6. The Bertz CT molecular complexity index is 511. The molecule has 1 aromatic rings. The molecule has 2 N–H and O–H groups in total. The van der Waals surface area contributed by atoms with Crippen LogP contribution in [0, 0.1) is 0 Å². The van der Waals surface area contributed by atoms with E-state index in [2.05, 4.69) is 15.5 Å². The van der Waals surface area contributed by atoms with Crippen LogP contribution < -0.4 is 10.6 Å².